The lowest BCUT2D eigenvalue weighted by molar-refractivity contribution is -0.00613. The Kier molecular flexibility index (Phi) is 4.23. The fraction of sp³-hybridized carbons (Fsp3) is 0.407. The number of benzene rings is 3. The molecule has 29 heavy (non-hydrogen) atoms. The maximum Gasteiger partial charge on any atom is 0.122 e. The van der Waals surface area contributed by atoms with Crippen LogP contribution < -0.4 is 4.74 Å². The molecule has 4 aliphatic rings. The van der Waals surface area contributed by atoms with E-state index in [1.165, 1.54) is 69.6 Å². The molecule has 0 unspecified atom stereocenters. The Labute approximate surface area is 187 Å². The molecule has 0 aromatic heterocycles. The zero-order valence-corrected chi connectivity index (χ0v) is 19.1. The van der Waals surface area contributed by atoms with Crippen LogP contribution >= 0.6 is 22.6 Å². The topological polar surface area (TPSA) is 9.23 Å². The predicted octanol–water partition coefficient (Wildman–Crippen LogP) is 7.59. The molecule has 0 heterocycles. The van der Waals surface area contributed by atoms with Crippen LogP contribution in [-0.4, -0.2) is 7.11 Å². The fourth-order valence-corrected chi connectivity index (χ4v) is 7.65. The minimum Gasteiger partial charge on any atom is -0.496 e. The average Bonchev–Trinajstić information content (AvgIpc) is 2.72. The minimum atomic E-state index is 0.350. The number of ether oxygens (including phenoxy) is 1. The Balaban J connectivity index is 1.46. The van der Waals surface area contributed by atoms with Crippen molar-refractivity contribution in [3.63, 3.8) is 0 Å². The smallest absolute Gasteiger partial charge is 0.122 e. The first-order chi connectivity index (χ1) is 14.1. The lowest BCUT2D eigenvalue weighted by Gasteiger charge is -2.57. The largest absolute Gasteiger partial charge is 0.496 e. The quantitative estimate of drug-likeness (QED) is 0.341. The Morgan fingerprint density at radius 2 is 1.34 bits per heavy atom. The molecule has 0 N–H and O–H groups in total. The van der Waals surface area contributed by atoms with Gasteiger partial charge in [-0.05, 0) is 137 Å². The van der Waals surface area contributed by atoms with Gasteiger partial charge in [0.2, 0.25) is 0 Å². The maximum atomic E-state index is 5.91. The lowest BCUT2D eigenvalue weighted by Crippen LogP contribution is -2.48. The molecule has 2 heteroatoms. The zero-order valence-electron chi connectivity index (χ0n) is 17.0. The molecule has 148 valence electrons. The van der Waals surface area contributed by atoms with Crippen molar-refractivity contribution in [2.45, 2.75) is 43.9 Å². The molecule has 3 aromatic carbocycles. The molecule has 0 atom stereocenters. The van der Waals surface area contributed by atoms with Gasteiger partial charge in [-0.2, -0.15) is 0 Å². The van der Waals surface area contributed by atoms with E-state index in [0.29, 0.717) is 5.41 Å². The van der Waals surface area contributed by atoms with E-state index in [1.807, 2.05) is 7.11 Å². The number of methoxy groups -OCH3 is 1. The van der Waals surface area contributed by atoms with Gasteiger partial charge in [-0.25, -0.2) is 0 Å². The molecular formula is C27H27IO. The standard InChI is InChI=1S/C27H27IO/c1-29-26-7-5-23(20-2-3-22-12-24(28)6-4-21(22)11-20)13-25(26)27-14-17-8-18(15-27)10-19(9-17)16-27/h2-7,11-13,17-19H,8-10,14-16H2,1H3. The van der Waals surface area contributed by atoms with E-state index in [9.17, 15) is 0 Å². The highest BCUT2D eigenvalue weighted by Crippen LogP contribution is 2.62. The molecule has 1 nitrogen and oxygen atoms in total. The summed E-state index contributed by atoms with van der Waals surface area (Å²) in [4.78, 5) is 0. The number of hydrogen-bond acceptors (Lipinski definition) is 1. The summed E-state index contributed by atoms with van der Waals surface area (Å²) in [6, 6.07) is 20.5. The van der Waals surface area contributed by atoms with Gasteiger partial charge in [0.25, 0.3) is 0 Å². The van der Waals surface area contributed by atoms with Crippen LogP contribution in [0.15, 0.2) is 54.6 Å². The molecule has 4 fully saturated rings. The Bertz CT molecular complexity index is 1060. The molecule has 7 rings (SSSR count). The van der Waals surface area contributed by atoms with E-state index in [0.717, 1.165) is 23.5 Å². The van der Waals surface area contributed by atoms with Crippen LogP contribution in [0.5, 0.6) is 5.75 Å². The van der Waals surface area contributed by atoms with E-state index in [4.69, 9.17) is 4.74 Å². The molecule has 4 bridgehead atoms. The van der Waals surface area contributed by atoms with Crippen molar-refractivity contribution < 1.29 is 4.74 Å². The van der Waals surface area contributed by atoms with Gasteiger partial charge in [-0.1, -0.05) is 24.3 Å². The van der Waals surface area contributed by atoms with Crippen LogP contribution in [0.25, 0.3) is 21.9 Å². The summed E-state index contributed by atoms with van der Waals surface area (Å²) in [5.41, 5.74) is 4.48. The van der Waals surface area contributed by atoms with Gasteiger partial charge in [-0.3, -0.25) is 0 Å². The van der Waals surface area contributed by atoms with Crippen molar-refractivity contribution in [3.05, 3.63) is 63.7 Å². The van der Waals surface area contributed by atoms with Crippen molar-refractivity contribution in [1.82, 2.24) is 0 Å². The van der Waals surface area contributed by atoms with Crippen molar-refractivity contribution in [3.8, 4) is 16.9 Å². The Morgan fingerprint density at radius 1 is 0.759 bits per heavy atom. The Morgan fingerprint density at radius 3 is 2.03 bits per heavy atom. The summed E-state index contributed by atoms with van der Waals surface area (Å²) in [5.74, 6) is 3.93. The Hall–Kier alpha value is -1.55. The molecule has 0 saturated heterocycles. The van der Waals surface area contributed by atoms with Crippen LogP contribution in [0.3, 0.4) is 0 Å². The van der Waals surface area contributed by atoms with E-state index < -0.39 is 0 Å². The summed E-state index contributed by atoms with van der Waals surface area (Å²) >= 11 is 2.39. The molecule has 0 aliphatic heterocycles. The first-order valence-corrected chi connectivity index (χ1v) is 12.1. The summed E-state index contributed by atoms with van der Waals surface area (Å²) in [7, 11) is 1.84. The number of fused-ring (bicyclic) bond motifs is 1. The van der Waals surface area contributed by atoms with Crippen LogP contribution in [0, 0.1) is 21.3 Å². The molecule has 0 spiro atoms. The highest BCUT2D eigenvalue weighted by molar-refractivity contribution is 14.1. The van der Waals surface area contributed by atoms with Gasteiger partial charge in [0.05, 0.1) is 7.11 Å². The van der Waals surface area contributed by atoms with Crippen molar-refractivity contribution in [2.24, 2.45) is 17.8 Å². The van der Waals surface area contributed by atoms with Crippen LogP contribution in [-0.2, 0) is 5.41 Å². The number of halogens is 1. The number of hydrogen-bond donors (Lipinski definition) is 0. The van der Waals surface area contributed by atoms with E-state index >= 15 is 0 Å². The second-order valence-corrected chi connectivity index (χ2v) is 11.1. The summed E-state index contributed by atoms with van der Waals surface area (Å²) in [5, 5.41) is 2.63. The second-order valence-electron chi connectivity index (χ2n) is 9.82. The second kappa shape index (κ2) is 6.73. The van der Waals surface area contributed by atoms with E-state index in [1.54, 1.807) is 0 Å². The van der Waals surface area contributed by atoms with Crippen molar-refractivity contribution in [2.75, 3.05) is 7.11 Å². The van der Waals surface area contributed by atoms with Gasteiger partial charge in [0.1, 0.15) is 5.75 Å². The normalized spacial score (nSPS) is 30.1. The third-order valence-corrected chi connectivity index (χ3v) is 8.62. The highest BCUT2D eigenvalue weighted by Gasteiger charge is 2.52. The summed E-state index contributed by atoms with van der Waals surface area (Å²) in [6.07, 6.45) is 8.54. The maximum absolute atomic E-state index is 5.91. The van der Waals surface area contributed by atoms with Gasteiger partial charge in [0, 0.05) is 9.13 Å². The van der Waals surface area contributed by atoms with Gasteiger partial charge < -0.3 is 4.74 Å². The molecule has 4 aliphatic carbocycles. The lowest BCUT2D eigenvalue weighted by atomic mass is 9.48. The molecule has 0 amide bonds. The predicted molar refractivity (Wildman–Crippen MR) is 129 cm³/mol. The van der Waals surface area contributed by atoms with Crippen LogP contribution in [0.1, 0.15) is 44.1 Å². The van der Waals surface area contributed by atoms with Crippen LogP contribution in [0.2, 0.25) is 0 Å². The third-order valence-electron chi connectivity index (χ3n) is 7.94. The molecule has 3 aromatic rings. The third kappa shape index (κ3) is 3.01. The van der Waals surface area contributed by atoms with Crippen molar-refractivity contribution >= 4 is 33.4 Å². The van der Waals surface area contributed by atoms with Crippen molar-refractivity contribution in [1.29, 1.82) is 0 Å². The molecule has 0 radical (unpaired) electrons. The monoisotopic (exact) mass is 494 g/mol. The fourth-order valence-electron chi connectivity index (χ4n) is 7.14. The summed E-state index contributed by atoms with van der Waals surface area (Å²) < 4.78 is 7.20. The average molecular weight is 494 g/mol. The van der Waals surface area contributed by atoms with Gasteiger partial charge in [-0.15, -0.1) is 0 Å². The summed E-state index contributed by atoms with van der Waals surface area (Å²) in [6.45, 7) is 0. The van der Waals surface area contributed by atoms with E-state index in [-0.39, 0.29) is 0 Å². The SMILES string of the molecule is COc1ccc(-c2ccc3cc(I)ccc3c2)cc1C12CC3CC(CC(C3)C1)C2. The first kappa shape index (κ1) is 18.2. The molecule has 4 saturated carbocycles. The molecular weight excluding hydrogens is 467 g/mol. The number of rotatable bonds is 3. The van der Waals surface area contributed by atoms with E-state index in [2.05, 4.69) is 77.2 Å². The van der Waals surface area contributed by atoms with Crippen LogP contribution in [0.4, 0.5) is 0 Å². The highest BCUT2D eigenvalue weighted by atomic mass is 127. The minimum absolute atomic E-state index is 0.350. The van der Waals surface area contributed by atoms with Gasteiger partial charge >= 0.3 is 0 Å². The first-order valence-electron chi connectivity index (χ1n) is 11.0. The zero-order chi connectivity index (χ0) is 19.6. The van der Waals surface area contributed by atoms with Gasteiger partial charge in [0.15, 0.2) is 0 Å².